The molecule has 0 bridgehead atoms. The Balaban J connectivity index is 2.74. The van der Waals surface area contributed by atoms with Gasteiger partial charge in [-0.15, -0.1) is 11.8 Å². The van der Waals surface area contributed by atoms with Crippen LogP contribution in [-0.2, 0) is 0 Å². The van der Waals surface area contributed by atoms with Gasteiger partial charge in [0.05, 0.1) is 18.8 Å². The lowest BCUT2D eigenvalue weighted by molar-refractivity contribution is -0.0682. The molecule has 7 heteroatoms. The van der Waals surface area contributed by atoms with E-state index in [4.69, 9.17) is 16.7 Å². The van der Waals surface area contributed by atoms with Crippen LogP contribution in [0, 0.1) is 11.7 Å². The van der Waals surface area contributed by atoms with Gasteiger partial charge in [-0.3, -0.25) is 0 Å². The standard InChI is InChI=1S/C14H20ClFO4S/c1-7(14(20)11(18)6-17)13(19)8(2)21-12-5-9(15)3-4-10(12)16/h3-5,7-8,11,13-14,17-20H,6H2,1-2H3/t7?,8-,11?,13?,14+/m0/s1. The van der Waals surface area contributed by atoms with E-state index >= 15 is 0 Å². The molecule has 1 aromatic rings. The van der Waals surface area contributed by atoms with Crippen LogP contribution in [0.15, 0.2) is 23.1 Å². The number of aliphatic hydroxyl groups is 4. The first-order valence-corrected chi connectivity index (χ1v) is 7.80. The molecule has 4 nitrogen and oxygen atoms in total. The summed E-state index contributed by atoms with van der Waals surface area (Å²) in [5.74, 6) is -1.12. The lowest BCUT2D eigenvalue weighted by Gasteiger charge is -2.30. The molecule has 0 heterocycles. The average Bonchev–Trinajstić information content (AvgIpc) is 2.47. The Labute approximate surface area is 132 Å². The summed E-state index contributed by atoms with van der Waals surface area (Å²) in [7, 11) is 0. The van der Waals surface area contributed by atoms with Crippen molar-refractivity contribution in [3.8, 4) is 0 Å². The van der Waals surface area contributed by atoms with Gasteiger partial charge < -0.3 is 20.4 Å². The van der Waals surface area contributed by atoms with Crippen LogP contribution in [-0.4, -0.2) is 50.6 Å². The number of halogens is 2. The molecular weight excluding hydrogens is 319 g/mol. The van der Waals surface area contributed by atoms with Gasteiger partial charge in [-0.1, -0.05) is 25.4 Å². The predicted octanol–water partition coefficient (Wildman–Crippen LogP) is 1.67. The zero-order valence-corrected chi connectivity index (χ0v) is 13.4. The third-order valence-corrected chi connectivity index (χ3v) is 4.80. The van der Waals surface area contributed by atoms with Crippen molar-refractivity contribution in [3.05, 3.63) is 29.0 Å². The van der Waals surface area contributed by atoms with Crippen LogP contribution >= 0.6 is 23.4 Å². The van der Waals surface area contributed by atoms with Crippen molar-refractivity contribution >= 4 is 23.4 Å². The van der Waals surface area contributed by atoms with E-state index in [0.717, 1.165) is 11.8 Å². The van der Waals surface area contributed by atoms with Gasteiger partial charge in [-0.25, -0.2) is 4.39 Å². The van der Waals surface area contributed by atoms with E-state index in [0.29, 0.717) is 9.92 Å². The lowest BCUT2D eigenvalue weighted by Crippen LogP contribution is -2.43. The van der Waals surface area contributed by atoms with E-state index in [1.165, 1.54) is 18.2 Å². The first-order chi connectivity index (χ1) is 9.77. The highest BCUT2D eigenvalue weighted by molar-refractivity contribution is 8.00. The molecule has 0 spiro atoms. The van der Waals surface area contributed by atoms with Gasteiger partial charge in [0.2, 0.25) is 0 Å². The third-order valence-electron chi connectivity index (χ3n) is 3.35. The highest BCUT2D eigenvalue weighted by Gasteiger charge is 2.31. The molecule has 0 aliphatic rings. The second kappa shape index (κ2) is 8.31. The average molecular weight is 339 g/mol. The van der Waals surface area contributed by atoms with Crippen molar-refractivity contribution in [3.63, 3.8) is 0 Å². The minimum absolute atomic E-state index is 0.304. The highest BCUT2D eigenvalue weighted by Crippen LogP contribution is 2.32. The molecule has 1 aromatic carbocycles. The monoisotopic (exact) mass is 338 g/mol. The zero-order valence-electron chi connectivity index (χ0n) is 11.8. The summed E-state index contributed by atoms with van der Waals surface area (Å²) in [5, 5.41) is 38.2. The van der Waals surface area contributed by atoms with Gasteiger partial charge in [0.1, 0.15) is 11.9 Å². The van der Waals surface area contributed by atoms with Gasteiger partial charge >= 0.3 is 0 Å². The number of benzene rings is 1. The summed E-state index contributed by atoms with van der Waals surface area (Å²) in [6.45, 7) is 2.65. The van der Waals surface area contributed by atoms with Gasteiger partial charge in [-0.05, 0) is 18.2 Å². The molecule has 0 amide bonds. The van der Waals surface area contributed by atoms with E-state index in [1.807, 2.05) is 0 Å². The Kier molecular flexibility index (Phi) is 7.39. The summed E-state index contributed by atoms with van der Waals surface area (Å²) in [6.07, 6.45) is -3.59. The zero-order chi connectivity index (χ0) is 16.2. The molecule has 4 N–H and O–H groups in total. The van der Waals surface area contributed by atoms with Crippen molar-refractivity contribution in [1.29, 1.82) is 0 Å². The Hall–Kier alpha value is -0.370. The molecule has 0 saturated carbocycles. The van der Waals surface area contributed by atoms with Crippen LogP contribution in [0.1, 0.15) is 13.8 Å². The van der Waals surface area contributed by atoms with Crippen molar-refractivity contribution < 1.29 is 24.8 Å². The minimum atomic E-state index is -1.32. The SMILES string of the molecule is CC(C(O)[C@H](C)Sc1cc(Cl)ccc1F)[C@@H](O)C(O)CO. The van der Waals surface area contributed by atoms with Crippen molar-refractivity contribution in [2.24, 2.45) is 5.92 Å². The molecule has 0 saturated heterocycles. The van der Waals surface area contributed by atoms with Crippen molar-refractivity contribution in [2.75, 3.05) is 6.61 Å². The topological polar surface area (TPSA) is 80.9 Å². The molecule has 0 aromatic heterocycles. The van der Waals surface area contributed by atoms with Crippen molar-refractivity contribution in [1.82, 2.24) is 0 Å². The maximum atomic E-state index is 13.7. The van der Waals surface area contributed by atoms with Crippen molar-refractivity contribution in [2.45, 2.75) is 42.3 Å². The minimum Gasteiger partial charge on any atom is -0.394 e. The second-order valence-corrected chi connectivity index (χ2v) is 6.84. The number of hydrogen-bond acceptors (Lipinski definition) is 5. The first-order valence-electron chi connectivity index (χ1n) is 6.54. The van der Waals surface area contributed by atoms with E-state index in [2.05, 4.69) is 0 Å². The highest BCUT2D eigenvalue weighted by atomic mass is 35.5. The molecule has 120 valence electrons. The fourth-order valence-electron chi connectivity index (χ4n) is 1.93. The fraction of sp³-hybridized carbons (Fsp3) is 0.571. The molecular formula is C14H20ClFO4S. The van der Waals surface area contributed by atoms with Gasteiger partial charge in [0.25, 0.3) is 0 Å². The lowest BCUT2D eigenvalue weighted by atomic mass is 9.93. The Morgan fingerprint density at radius 3 is 2.38 bits per heavy atom. The largest absolute Gasteiger partial charge is 0.394 e. The maximum Gasteiger partial charge on any atom is 0.136 e. The van der Waals surface area contributed by atoms with Crippen LogP contribution in [0.5, 0.6) is 0 Å². The predicted molar refractivity (Wildman–Crippen MR) is 81.0 cm³/mol. The maximum absolute atomic E-state index is 13.7. The van der Waals surface area contributed by atoms with E-state index in [1.54, 1.807) is 13.8 Å². The van der Waals surface area contributed by atoms with E-state index in [-0.39, 0.29) is 0 Å². The fourth-order valence-corrected chi connectivity index (χ4v) is 3.33. The first kappa shape index (κ1) is 18.7. The Morgan fingerprint density at radius 1 is 1.19 bits per heavy atom. The Morgan fingerprint density at radius 2 is 1.81 bits per heavy atom. The van der Waals surface area contributed by atoms with Crippen LogP contribution in [0.3, 0.4) is 0 Å². The summed E-state index contributed by atoms with van der Waals surface area (Å²) in [5.41, 5.74) is 0. The normalized spacial score (nSPS) is 18.9. The van der Waals surface area contributed by atoms with Crippen LogP contribution in [0.25, 0.3) is 0 Å². The smallest absolute Gasteiger partial charge is 0.136 e. The molecule has 0 fully saturated rings. The molecule has 0 aliphatic heterocycles. The van der Waals surface area contributed by atoms with E-state index < -0.39 is 41.9 Å². The number of thioether (sulfide) groups is 1. The second-order valence-electron chi connectivity index (χ2n) is 4.99. The molecule has 5 atom stereocenters. The number of rotatable bonds is 7. The van der Waals surface area contributed by atoms with Gasteiger partial charge in [-0.2, -0.15) is 0 Å². The third kappa shape index (κ3) is 5.09. The molecule has 1 rings (SSSR count). The number of aliphatic hydroxyl groups excluding tert-OH is 4. The quantitative estimate of drug-likeness (QED) is 0.569. The van der Waals surface area contributed by atoms with Gasteiger partial charge in [0, 0.05) is 21.1 Å². The van der Waals surface area contributed by atoms with Gasteiger partial charge in [0.15, 0.2) is 0 Å². The molecule has 0 radical (unpaired) electrons. The summed E-state index contributed by atoms with van der Waals surface area (Å²) in [4.78, 5) is 0.304. The summed E-state index contributed by atoms with van der Waals surface area (Å²) in [6, 6.07) is 4.15. The Bertz CT molecular complexity index is 463. The summed E-state index contributed by atoms with van der Waals surface area (Å²) < 4.78 is 13.7. The number of hydrogen-bond donors (Lipinski definition) is 4. The van der Waals surface area contributed by atoms with Crippen LogP contribution < -0.4 is 0 Å². The molecule has 0 aliphatic carbocycles. The molecule has 21 heavy (non-hydrogen) atoms. The van der Waals surface area contributed by atoms with Crippen LogP contribution in [0.2, 0.25) is 5.02 Å². The van der Waals surface area contributed by atoms with E-state index in [9.17, 15) is 19.7 Å². The summed E-state index contributed by atoms with van der Waals surface area (Å²) >= 11 is 6.90. The molecule has 3 unspecified atom stereocenters. The van der Waals surface area contributed by atoms with Crippen LogP contribution in [0.4, 0.5) is 4.39 Å².